The summed E-state index contributed by atoms with van der Waals surface area (Å²) in [4.78, 5) is 11.1. The van der Waals surface area contributed by atoms with Crippen molar-refractivity contribution in [2.45, 2.75) is 6.92 Å². The van der Waals surface area contributed by atoms with Crippen LogP contribution in [0.15, 0.2) is 23.3 Å². The van der Waals surface area contributed by atoms with E-state index in [0.29, 0.717) is 15.6 Å². The van der Waals surface area contributed by atoms with Crippen LogP contribution in [0.3, 0.4) is 0 Å². The van der Waals surface area contributed by atoms with Crippen molar-refractivity contribution < 1.29 is 4.79 Å². The summed E-state index contributed by atoms with van der Waals surface area (Å²) in [6.45, 7) is 1.25. The summed E-state index contributed by atoms with van der Waals surface area (Å²) in [5, 5.41) is 12.4. The van der Waals surface area contributed by atoms with Gasteiger partial charge in [0.1, 0.15) is 0 Å². The summed E-state index contributed by atoms with van der Waals surface area (Å²) in [7, 11) is 0. The lowest BCUT2D eigenvalue weighted by Crippen LogP contribution is -2.35. The van der Waals surface area contributed by atoms with Crippen molar-refractivity contribution in [3.05, 3.63) is 33.8 Å². The number of hydrogen-bond donors (Lipinski definition) is 2. The van der Waals surface area contributed by atoms with Crippen molar-refractivity contribution in [2.75, 3.05) is 0 Å². The van der Waals surface area contributed by atoms with Crippen molar-refractivity contribution in [3.8, 4) is 0 Å². The van der Waals surface area contributed by atoms with Crippen molar-refractivity contribution in [1.82, 2.24) is 5.01 Å². The Morgan fingerprint density at radius 1 is 1.53 bits per heavy atom. The van der Waals surface area contributed by atoms with Gasteiger partial charge in [-0.25, -0.2) is 0 Å². The first kappa shape index (κ1) is 13.5. The second-order valence-electron chi connectivity index (χ2n) is 3.10. The van der Waals surface area contributed by atoms with Gasteiger partial charge in [-0.05, 0) is 6.07 Å². The van der Waals surface area contributed by atoms with E-state index < -0.39 is 11.9 Å². The van der Waals surface area contributed by atoms with Crippen LogP contribution in [-0.2, 0) is 4.79 Å². The Morgan fingerprint density at radius 3 is 2.71 bits per heavy atom. The Balaban J connectivity index is 3.00. The van der Waals surface area contributed by atoms with Crippen LogP contribution < -0.4 is 5.73 Å². The highest BCUT2D eigenvalue weighted by Crippen LogP contribution is 2.24. The second kappa shape index (κ2) is 5.65. The Bertz CT molecular complexity index is 473. The number of rotatable bonds is 2. The first-order valence-electron chi connectivity index (χ1n) is 4.56. The molecule has 1 aromatic rings. The predicted molar refractivity (Wildman–Crippen MR) is 68.5 cm³/mol. The maximum atomic E-state index is 11.1. The molecule has 90 valence electrons. The predicted octanol–water partition coefficient (Wildman–Crippen LogP) is 2.07. The molecular formula is C10H10Cl2N4O. The minimum Gasteiger partial charge on any atom is -0.368 e. The van der Waals surface area contributed by atoms with E-state index in [4.69, 9.17) is 34.3 Å². The van der Waals surface area contributed by atoms with Gasteiger partial charge in [-0.15, -0.1) is 0 Å². The number of nitrogens with two attached hydrogens (primary N) is 1. The van der Waals surface area contributed by atoms with Crippen LogP contribution in [0.4, 0.5) is 0 Å². The molecule has 1 rings (SSSR count). The number of amides is 1. The third-order valence-corrected chi connectivity index (χ3v) is 2.65. The highest BCUT2D eigenvalue weighted by molar-refractivity contribution is 6.43. The molecule has 0 bridgehead atoms. The van der Waals surface area contributed by atoms with E-state index in [1.54, 1.807) is 18.2 Å². The Kier molecular flexibility index (Phi) is 4.48. The van der Waals surface area contributed by atoms with Gasteiger partial charge in [0.05, 0.1) is 16.3 Å². The summed E-state index contributed by atoms with van der Waals surface area (Å²) in [5.41, 5.74) is 5.72. The molecular weight excluding hydrogens is 263 g/mol. The molecule has 3 N–H and O–H groups in total. The van der Waals surface area contributed by atoms with E-state index >= 15 is 0 Å². The maximum absolute atomic E-state index is 11.1. The largest absolute Gasteiger partial charge is 0.368 e. The van der Waals surface area contributed by atoms with Gasteiger partial charge in [0.2, 0.25) is 11.9 Å². The number of halogens is 2. The van der Waals surface area contributed by atoms with E-state index in [-0.39, 0.29) is 0 Å². The average molecular weight is 273 g/mol. The first-order valence-corrected chi connectivity index (χ1v) is 5.31. The third-order valence-electron chi connectivity index (χ3n) is 1.82. The normalized spacial score (nSPS) is 10.5. The number of guanidine groups is 1. The third kappa shape index (κ3) is 3.44. The first-order chi connectivity index (χ1) is 7.93. The van der Waals surface area contributed by atoms with Gasteiger partial charge in [0.25, 0.3) is 0 Å². The molecule has 17 heavy (non-hydrogen) atoms. The zero-order valence-corrected chi connectivity index (χ0v) is 10.5. The summed E-state index contributed by atoms with van der Waals surface area (Å²) in [6, 6.07) is 5.01. The zero-order chi connectivity index (χ0) is 13.0. The average Bonchev–Trinajstić information content (AvgIpc) is 2.23. The Labute approximate surface area is 108 Å². The molecule has 7 heteroatoms. The zero-order valence-electron chi connectivity index (χ0n) is 8.95. The van der Waals surface area contributed by atoms with E-state index in [0.717, 1.165) is 5.01 Å². The number of hydrazone groups is 1. The molecule has 0 aliphatic carbocycles. The van der Waals surface area contributed by atoms with E-state index in [1.165, 1.54) is 13.1 Å². The fourth-order valence-electron chi connectivity index (χ4n) is 1.05. The van der Waals surface area contributed by atoms with Crippen molar-refractivity contribution in [2.24, 2.45) is 10.8 Å². The van der Waals surface area contributed by atoms with Crippen LogP contribution in [0.1, 0.15) is 12.5 Å². The molecule has 0 aliphatic heterocycles. The molecule has 0 fully saturated rings. The number of nitrogens with zero attached hydrogens (tertiary/aromatic N) is 2. The molecule has 0 radical (unpaired) electrons. The van der Waals surface area contributed by atoms with Gasteiger partial charge >= 0.3 is 0 Å². The topological polar surface area (TPSA) is 82.5 Å². The Morgan fingerprint density at radius 2 is 2.18 bits per heavy atom. The SMILES string of the molecule is CC(=O)N(/N=C/c1cccc(Cl)c1Cl)C(=N)N. The maximum Gasteiger partial charge on any atom is 0.246 e. The van der Waals surface area contributed by atoms with E-state index in [9.17, 15) is 4.79 Å². The number of benzene rings is 1. The van der Waals surface area contributed by atoms with Gasteiger partial charge in [-0.3, -0.25) is 10.2 Å². The lowest BCUT2D eigenvalue weighted by molar-refractivity contribution is -0.125. The molecule has 1 aromatic carbocycles. The number of carbonyl (C=O) groups excluding carboxylic acids is 1. The number of nitrogens with one attached hydrogen (secondary N) is 1. The minimum atomic E-state index is -0.466. The minimum absolute atomic E-state index is 0.324. The van der Waals surface area contributed by atoms with Crippen molar-refractivity contribution >= 4 is 41.3 Å². The van der Waals surface area contributed by atoms with Crippen LogP contribution in [0, 0.1) is 5.41 Å². The fourth-order valence-corrected chi connectivity index (χ4v) is 1.41. The fraction of sp³-hybridized carbons (Fsp3) is 0.100. The molecule has 0 unspecified atom stereocenters. The Hall–Kier alpha value is -1.59. The van der Waals surface area contributed by atoms with E-state index in [2.05, 4.69) is 5.10 Å². The lowest BCUT2D eigenvalue weighted by Gasteiger charge is -2.11. The molecule has 0 aromatic heterocycles. The lowest BCUT2D eigenvalue weighted by atomic mass is 10.2. The van der Waals surface area contributed by atoms with Crippen LogP contribution in [-0.4, -0.2) is 23.1 Å². The van der Waals surface area contributed by atoms with Gasteiger partial charge in [-0.2, -0.15) is 10.1 Å². The molecule has 0 atom stereocenters. The quantitative estimate of drug-likeness (QED) is 0.491. The molecule has 1 amide bonds. The van der Waals surface area contributed by atoms with Crippen LogP contribution in [0.5, 0.6) is 0 Å². The molecule has 5 nitrogen and oxygen atoms in total. The van der Waals surface area contributed by atoms with Crippen molar-refractivity contribution in [1.29, 1.82) is 5.41 Å². The smallest absolute Gasteiger partial charge is 0.246 e. The van der Waals surface area contributed by atoms with Crippen LogP contribution in [0.2, 0.25) is 10.0 Å². The summed E-state index contributed by atoms with van der Waals surface area (Å²) in [5.74, 6) is -0.932. The van der Waals surface area contributed by atoms with Crippen molar-refractivity contribution in [3.63, 3.8) is 0 Å². The van der Waals surface area contributed by atoms with Gasteiger partial charge < -0.3 is 5.73 Å². The summed E-state index contributed by atoms with van der Waals surface area (Å²) in [6.07, 6.45) is 1.32. The van der Waals surface area contributed by atoms with Crippen LogP contribution >= 0.6 is 23.2 Å². The highest BCUT2D eigenvalue weighted by atomic mass is 35.5. The molecule has 0 aliphatic rings. The highest BCUT2D eigenvalue weighted by Gasteiger charge is 2.09. The molecule has 0 spiro atoms. The summed E-state index contributed by atoms with van der Waals surface area (Å²) < 4.78 is 0. The second-order valence-corrected chi connectivity index (χ2v) is 3.89. The van der Waals surface area contributed by atoms with E-state index in [1.807, 2.05) is 0 Å². The summed E-state index contributed by atoms with van der Waals surface area (Å²) >= 11 is 11.7. The van der Waals surface area contributed by atoms with Crippen LogP contribution in [0.25, 0.3) is 0 Å². The monoisotopic (exact) mass is 272 g/mol. The number of hydrogen-bond acceptors (Lipinski definition) is 3. The molecule has 0 heterocycles. The number of carbonyl (C=O) groups is 1. The molecule has 0 saturated heterocycles. The van der Waals surface area contributed by atoms with Gasteiger partial charge in [-0.1, -0.05) is 35.3 Å². The van der Waals surface area contributed by atoms with Gasteiger partial charge in [0.15, 0.2) is 0 Å². The molecule has 0 saturated carbocycles. The standard InChI is InChI=1S/C10H10Cl2N4O/c1-6(17)16(10(13)14)15-5-7-3-2-4-8(11)9(7)12/h2-5H,1H3,(H3,13,14)/b15-5+. The van der Waals surface area contributed by atoms with Gasteiger partial charge in [0, 0.05) is 12.5 Å².